The van der Waals surface area contributed by atoms with E-state index in [0.717, 1.165) is 5.92 Å². The lowest BCUT2D eigenvalue weighted by atomic mass is 9.78. The molecule has 0 aliphatic rings. The van der Waals surface area contributed by atoms with Crippen LogP contribution in [0.3, 0.4) is 0 Å². The molecule has 0 heteroatoms. The van der Waals surface area contributed by atoms with Gasteiger partial charge in [-0.1, -0.05) is 64.4 Å². The van der Waals surface area contributed by atoms with E-state index >= 15 is 0 Å². The summed E-state index contributed by atoms with van der Waals surface area (Å²) in [6.45, 7) is 13.9. The first-order valence-corrected chi connectivity index (χ1v) is 6.36. The van der Waals surface area contributed by atoms with Crippen LogP contribution in [0.4, 0.5) is 0 Å². The van der Waals surface area contributed by atoms with E-state index in [2.05, 4.69) is 65.8 Å². The molecule has 2 unspecified atom stereocenters. The molecule has 2 atom stereocenters. The van der Waals surface area contributed by atoms with Gasteiger partial charge in [0.25, 0.3) is 0 Å². The maximum atomic E-state index is 2.37. The Hall–Kier alpha value is -0.780. The molecule has 1 rings (SSSR count). The van der Waals surface area contributed by atoms with E-state index in [0.29, 0.717) is 11.3 Å². The molecule has 0 N–H and O–H groups in total. The third kappa shape index (κ3) is 4.00. The van der Waals surface area contributed by atoms with Gasteiger partial charge < -0.3 is 0 Å². The average molecular weight is 218 g/mol. The standard InChI is InChI=1S/C16H26/c1-12-8-7-9-15(10-12)14(3)13(2)11-16(4,5)6/h7-10,13-14H,11H2,1-6H3. The topological polar surface area (TPSA) is 0 Å². The minimum absolute atomic E-state index is 0.428. The van der Waals surface area contributed by atoms with Crippen molar-refractivity contribution < 1.29 is 0 Å². The molecule has 0 spiro atoms. The van der Waals surface area contributed by atoms with Crippen LogP contribution in [0, 0.1) is 18.3 Å². The Bertz CT molecular complexity index is 330. The zero-order valence-electron chi connectivity index (χ0n) is 11.7. The van der Waals surface area contributed by atoms with Gasteiger partial charge in [-0.2, -0.15) is 0 Å². The molecule has 0 saturated carbocycles. The van der Waals surface area contributed by atoms with Gasteiger partial charge in [-0.05, 0) is 36.2 Å². The largest absolute Gasteiger partial charge is 0.0619 e. The fourth-order valence-electron chi connectivity index (χ4n) is 2.42. The molecule has 1 aromatic rings. The minimum Gasteiger partial charge on any atom is -0.0619 e. The molecule has 0 saturated heterocycles. The lowest BCUT2D eigenvalue weighted by molar-refractivity contribution is 0.283. The molecule has 0 aliphatic carbocycles. The molecule has 0 aromatic heterocycles. The quantitative estimate of drug-likeness (QED) is 0.656. The number of hydrogen-bond donors (Lipinski definition) is 0. The molecule has 0 bridgehead atoms. The van der Waals surface area contributed by atoms with Crippen molar-refractivity contribution in [3.8, 4) is 0 Å². The van der Waals surface area contributed by atoms with Gasteiger partial charge in [0.05, 0.1) is 0 Å². The fraction of sp³-hybridized carbons (Fsp3) is 0.625. The average Bonchev–Trinajstić information content (AvgIpc) is 2.14. The second kappa shape index (κ2) is 5.03. The number of hydrogen-bond acceptors (Lipinski definition) is 0. The van der Waals surface area contributed by atoms with Crippen LogP contribution in [0.2, 0.25) is 0 Å². The molecular formula is C16H26. The summed E-state index contributed by atoms with van der Waals surface area (Å²) >= 11 is 0. The van der Waals surface area contributed by atoms with Crippen LogP contribution in [-0.2, 0) is 0 Å². The highest BCUT2D eigenvalue weighted by atomic mass is 14.3. The Morgan fingerprint density at radius 3 is 2.25 bits per heavy atom. The van der Waals surface area contributed by atoms with Crippen molar-refractivity contribution in [1.82, 2.24) is 0 Å². The molecular weight excluding hydrogens is 192 g/mol. The van der Waals surface area contributed by atoms with Crippen LogP contribution in [0.1, 0.15) is 58.1 Å². The van der Waals surface area contributed by atoms with Crippen LogP contribution >= 0.6 is 0 Å². The van der Waals surface area contributed by atoms with E-state index in [1.165, 1.54) is 17.5 Å². The van der Waals surface area contributed by atoms with Gasteiger partial charge in [0.1, 0.15) is 0 Å². The Kier molecular flexibility index (Phi) is 4.18. The van der Waals surface area contributed by atoms with E-state index < -0.39 is 0 Å². The van der Waals surface area contributed by atoms with Crippen LogP contribution in [-0.4, -0.2) is 0 Å². The molecule has 0 radical (unpaired) electrons. The van der Waals surface area contributed by atoms with Gasteiger partial charge in [0.2, 0.25) is 0 Å². The lowest BCUT2D eigenvalue weighted by Gasteiger charge is -2.28. The number of rotatable bonds is 3. The van der Waals surface area contributed by atoms with Gasteiger partial charge in [0.15, 0.2) is 0 Å². The van der Waals surface area contributed by atoms with Crippen molar-refractivity contribution in [1.29, 1.82) is 0 Å². The summed E-state index contributed by atoms with van der Waals surface area (Å²) in [6.07, 6.45) is 1.28. The SMILES string of the molecule is Cc1cccc(C(C)C(C)CC(C)(C)C)c1. The Morgan fingerprint density at radius 2 is 1.75 bits per heavy atom. The van der Waals surface area contributed by atoms with Crippen LogP contribution in [0.15, 0.2) is 24.3 Å². The summed E-state index contributed by atoms with van der Waals surface area (Å²) in [5.74, 6) is 1.39. The van der Waals surface area contributed by atoms with Crippen LogP contribution in [0.5, 0.6) is 0 Å². The summed E-state index contributed by atoms with van der Waals surface area (Å²) in [7, 11) is 0. The van der Waals surface area contributed by atoms with Gasteiger partial charge in [0, 0.05) is 0 Å². The predicted octanol–water partition coefficient (Wildman–Crippen LogP) is 5.17. The third-order valence-corrected chi connectivity index (χ3v) is 3.36. The normalized spacial score (nSPS) is 15.9. The van der Waals surface area contributed by atoms with Crippen molar-refractivity contribution >= 4 is 0 Å². The highest BCUT2D eigenvalue weighted by Crippen LogP contribution is 2.33. The Labute approximate surface area is 101 Å². The summed E-state index contributed by atoms with van der Waals surface area (Å²) in [4.78, 5) is 0. The lowest BCUT2D eigenvalue weighted by Crippen LogP contribution is -2.15. The van der Waals surface area contributed by atoms with E-state index in [-0.39, 0.29) is 0 Å². The summed E-state index contributed by atoms with van der Waals surface area (Å²) < 4.78 is 0. The zero-order chi connectivity index (χ0) is 12.3. The first-order valence-electron chi connectivity index (χ1n) is 6.36. The first kappa shape index (κ1) is 13.3. The molecule has 0 fully saturated rings. The molecule has 0 aliphatic heterocycles. The fourth-order valence-corrected chi connectivity index (χ4v) is 2.42. The maximum Gasteiger partial charge on any atom is -0.0164 e. The van der Waals surface area contributed by atoms with Crippen LogP contribution in [0.25, 0.3) is 0 Å². The Morgan fingerprint density at radius 1 is 1.12 bits per heavy atom. The van der Waals surface area contributed by atoms with Gasteiger partial charge >= 0.3 is 0 Å². The van der Waals surface area contributed by atoms with Gasteiger partial charge in [-0.25, -0.2) is 0 Å². The third-order valence-electron chi connectivity index (χ3n) is 3.36. The maximum absolute atomic E-state index is 2.37. The second-order valence-electron chi connectivity index (χ2n) is 6.44. The smallest absolute Gasteiger partial charge is 0.0164 e. The van der Waals surface area contributed by atoms with Crippen molar-refractivity contribution in [2.24, 2.45) is 11.3 Å². The molecule has 0 amide bonds. The van der Waals surface area contributed by atoms with Gasteiger partial charge in [-0.15, -0.1) is 0 Å². The van der Waals surface area contributed by atoms with Crippen molar-refractivity contribution in [2.75, 3.05) is 0 Å². The van der Waals surface area contributed by atoms with Gasteiger partial charge in [-0.3, -0.25) is 0 Å². The zero-order valence-corrected chi connectivity index (χ0v) is 11.7. The monoisotopic (exact) mass is 218 g/mol. The van der Waals surface area contributed by atoms with E-state index in [1.807, 2.05) is 0 Å². The molecule has 0 nitrogen and oxygen atoms in total. The summed E-state index contributed by atoms with van der Waals surface area (Å²) in [5, 5.41) is 0. The van der Waals surface area contributed by atoms with Crippen molar-refractivity contribution in [2.45, 2.75) is 53.9 Å². The van der Waals surface area contributed by atoms with E-state index in [9.17, 15) is 0 Å². The molecule has 1 aromatic carbocycles. The highest BCUT2D eigenvalue weighted by Gasteiger charge is 2.20. The second-order valence-corrected chi connectivity index (χ2v) is 6.44. The summed E-state index contributed by atoms with van der Waals surface area (Å²) in [6, 6.07) is 8.93. The highest BCUT2D eigenvalue weighted by molar-refractivity contribution is 5.25. The minimum atomic E-state index is 0.428. The molecule has 16 heavy (non-hydrogen) atoms. The van der Waals surface area contributed by atoms with Crippen LogP contribution < -0.4 is 0 Å². The predicted molar refractivity (Wildman–Crippen MR) is 72.8 cm³/mol. The van der Waals surface area contributed by atoms with E-state index in [4.69, 9.17) is 0 Å². The van der Waals surface area contributed by atoms with Crippen molar-refractivity contribution in [3.63, 3.8) is 0 Å². The van der Waals surface area contributed by atoms with Crippen molar-refractivity contribution in [3.05, 3.63) is 35.4 Å². The Balaban J connectivity index is 2.74. The first-order chi connectivity index (χ1) is 7.29. The molecule has 90 valence electrons. The van der Waals surface area contributed by atoms with E-state index in [1.54, 1.807) is 0 Å². The molecule has 0 heterocycles. The summed E-state index contributed by atoms with van der Waals surface area (Å²) in [5.41, 5.74) is 3.28. The number of benzene rings is 1. The number of aryl methyl sites for hydroxylation is 1.